The normalized spacial score (nSPS) is 12.4. The molecule has 1 aliphatic rings. The van der Waals surface area contributed by atoms with Crippen molar-refractivity contribution in [3.63, 3.8) is 0 Å². The number of aromatic nitrogens is 1. The van der Waals surface area contributed by atoms with Gasteiger partial charge in [-0.05, 0) is 61.2 Å². The molecule has 37 heavy (non-hydrogen) atoms. The van der Waals surface area contributed by atoms with Crippen LogP contribution in [0, 0.1) is 13.8 Å². The highest BCUT2D eigenvalue weighted by atomic mass is 16.6. The molecular formula is C30H31N3O4. The van der Waals surface area contributed by atoms with Gasteiger partial charge < -0.3 is 20.1 Å². The molecule has 7 nitrogen and oxygen atoms in total. The quantitative estimate of drug-likeness (QED) is 0.367. The average Bonchev–Trinajstić information content (AvgIpc) is 2.91. The van der Waals surface area contributed by atoms with E-state index in [0.29, 0.717) is 42.3 Å². The predicted molar refractivity (Wildman–Crippen MR) is 147 cm³/mol. The van der Waals surface area contributed by atoms with E-state index in [0.717, 1.165) is 34.3 Å². The highest BCUT2D eigenvalue weighted by Crippen LogP contribution is 2.34. The molecule has 1 aromatic heterocycles. The number of nitrogens with one attached hydrogen (secondary N) is 2. The molecule has 7 heteroatoms. The molecule has 0 saturated carbocycles. The van der Waals surface area contributed by atoms with Gasteiger partial charge in [0.1, 0.15) is 19.8 Å². The molecular weight excluding hydrogens is 466 g/mol. The molecule has 0 bridgehead atoms. The number of aryl methyl sites for hydroxylation is 3. The van der Waals surface area contributed by atoms with Crippen molar-refractivity contribution in [1.82, 2.24) is 4.57 Å². The maximum absolute atomic E-state index is 13.7. The number of carbonyl (C=O) groups excluding carboxylic acids is 1. The summed E-state index contributed by atoms with van der Waals surface area (Å²) < 4.78 is 13.1. The lowest BCUT2D eigenvalue weighted by atomic mass is 10.1. The average molecular weight is 498 g/mol. The Balaban J connectivity index is 1.50. The van der Waals surface area contributed by atoms with Crippen molar-refractivity contribution in [2.75, 3.05) is 23.8 Å². The van der Waals surface area contributed by atoms with Crippen LogP contribution in [0.2, 0.25) is 0 Å². The molecule has 190 valence electrons. The number of hydrogen-bond donors (Lipinski definition) is 2. The first-order valence-corrected chi connectivity index (χ1v) is 12.6. The number of fused-ring (bicyclic) bond motifs is 2. The Morgan fingerprint density at radius 3 is 2.30 bits per heavy atom. The summed E-state index contributed by atoms with van der Waals surface area (Å²) in [5, 5.41) is 7.15. The van der Waals surface area contributed by atoms with E-state index in [9.17, 15) is 9.59 Å². The van der Waals surface area contributed by atoms with Crippen molar-refractivity contribution in [3.8, 4) is 11.5 Å². The number of nitrogens with zero attached hydrogens (tertiary/aromatic N) is 1. The monoisotopic (exact) mass is 497 g/mol. The topological polar surface area (TPSA) is 81.6 Å². The molecule has 0 saturated heterocycles. The second-order valence-electron chi connectivity index (χ2n) is 9.33. The maximum atomic E-state index is 13.7. The van der Waals surface area contributed by atoms with E-state index >= 15 is 0 Å². The minimum Gasteiger partial charge on any atom is -0.486 e. The van der Waals surface area contributed by atoms with E-state index in [-0.39, 0.29) is 18.0 Å². The Morgan fingerprint density at radius 2 is 1.62 bits per heavy atom. The van der Waals surface area contributed by atoms with Crippen LogP contribution in [-0.2, 0) is 24.3 Å². The molecule has 0 spiro atoms. The van der Waals surface area contributed by atoms with Crippen molar-refractivity contribution in [2.24, 2.45) is 0 Å². The van der Waals surface area contributed by atoms with Crippen molar-refractivity contribution in [3.05, 3.63) is 93.3 Å². The fourth-order valence-electron chi connectivity index (χ4n) is 4.65. The summed E-state index contributed by atoms with van der Waals surface area (Å²) in [5.41, 5.74) is 5.85. The molecule has 0 atom stereocenters. The van der Waals surface area contributed by atoms with Crippen molar-refractivity contribution < 1.29 is 14.3 Å². The van der Waals surface area contributed by atoms with Crippen LogP contribution in [0.4, 0.5) is 11.4 Å². The Hall–Kier alpha value is -4.26. The Labute approximate surface area is 216 Å². The fraction of sp³-hybridized carbons (Fsp3) is 0.267. The number of amides is 1. The summed E-state index contributed by atoms with van der Waals surface area (Å²) in [4.78, 5) is 26.8. The zero-order chi connectivity index (χ0) is 25.9. The van der Waals surface area contributed by atoms with Gasteiger partial charge in [0.2, 0.25) is 5.91 Å². The van der Waals surface area contributed by atoms with Crippen LogP contribution in [0.1, 0.15) is 29.2 Å². The molecule has 0 radical (unpaired) electrons. The summed E-state index contributed by atoms with van der Waals surface area (Å²) in [6, 6.07) is 19.6. The fourth-order valence-corrected chi connectivity index (χ4v) is 4.65. The number of carbonyl (C=O) groups is 1. The highest BCUT2D eigenvalue weighted by Gasteiger charge is 2.19. The zero-order valence-electron chi connectivity index (χ0n) is 21.4. The second kappa shape index (κ2) is 10.4. The minimum atomic E-state index is -0.268. The van der Waals surface area contributed by atoms with Gasteiger partial charge >= 0.3 is 0 Å². The maximum Gasteiger partial charge on any atom is 0.256 e. The molecule has 3 aromatic carbocycles. The van der Waals surface area contributed by atoms with Gasteiger partial charge in [0.25, 0.3) is 5.56 Å². The molecule has 1 aliphatic heterocycles. The lowest BCUT2D eigenvalue weighted by Gasteiger charge is -2.21. The van der Waals surface area contributed by atoms with Crippen LogP contribution in [0.15, 0.2) is 65.5 Å². The number of anilines is 2. The molecule has 0 fully saturated rings. The number of hydrogen-bond acceptors (Lipinski definition) is 5. The molecule has 1 amide bonds. The van der Waals surface area contributed by atoms with E-state index in [1.165, 1.54) is 10.1 Å². The third-order valence-electron chi connectivity index (χ3n) is 6.72. The van der Waals surface area contributed by atoms with Crippen LogP contribution >= 0.6 is 0 Å². The van der Waals surface area contributed by atoms with E-state index in [4.69, 9.17) is 9.47 Å². The summed E-state index contributed by atoms with van der Waals surface area (Å²) >= 11 is 0. The molecule has 2 heterocycles. The molecule has 2 N–H and O–H groups in total. The van der Waals surface area contributed by atoms with E-state index in [2.05, 4.69) is 29.7 Å². The molecule has 4 aromatic rings. The summed E-state index contributed by atoms with van der Waals surface area (Å²) in [5.74, 6) is 0.942. The van der Waals surface area contributed by atoms with Gasteiger partial charge in [0.15, 0.2) is 11.5 Å². The highest BCUT2D eigenvalue weighted by molar-refractivity contribution is 5.93. The van der Waals surface area contributed by atoms with E-state index < -0.39 is 0 Å². The zero-order valence-corrected chi connectivity index (χ0v) is 21.4. The van der Waals surface area contributed by atoms with Crippen molar-refractivity contribution in [2.45, 2.75) is 40.3 Å². The van der Waals surface area contributed by atoms with Crippen molar-refractivity contribution >= 4 is 28.2 Å². The number of benzene rings is 3. The largest absolute Gasteiger partial charge is 0.486 e. The van der Waals surface area contributed by atoms with Gasteiger partial charge in [-0.1, -0.05) is 37.3 Å². The first-order chi connectivity index (χ1) is 17.9. The summed E-state index contributed by atoms with van der Waals surface area (Å²) in [6.45, 7) is 7.13. The van der Waals surface area contributed by atoms with Gasteiger partial charge in [-0.15, -0.1) is 0 Å². The van der Waals surface area contributed by atoms with Gasteiger partial charge in [-0.3, -0.25) is 14.2 Å². The lowest BCUT2D eigenvalue weighted by molar-refractivity contribution is -0.116. The van der Waals surface area contributed by atoms with Crippen LogP contribution < -0.4 is 25.7 Å². The minimum absolute atomic E-state index is 0.123. The van der Waals surface area contributed by atoms with Gasteiger partial charge in [0.05, 0.1) is 5.52 Å². The summed E-state index contributed by atoms with van der Waals surface area (Å²) in [6.07, 6.45) is 0.968. The summed E-state index contributed by atoms with van der Waals surface area (Å²) in [7, 11) is 0. The van der Waals surface area contributed by atoms with Crippen LogP contribution in [0.3, 0.4) is 0 Å². The molecule has 0 aliphatic carbocycles. The number of rotatable bonds is 7. The third-order valence-corrected chi connectivity index (χ3v) is 6.72. The Kier molecular flexibility index (Phi) is 6.86. The van der Waals surface area contributed by atoms with E-state index in [1.54, 1.807) is 6.07 Å². The number of ether oxygens (including phenoxy) is 2. The van der Waals surface area contributed by atoms with Crippen LogP contribution in [0.25, 0.3) is 10.9 Å². The number of para-hydroxylation sites is 1. The van der Waals surface area contributed by atoms with E-state index in [1.807, 2.05) is 56.3 Å². The van der Waals surface area contributed by atoms with Gasteiger partial charge in [-0.2, -0.15) is 0 Å². The SMILES string of the molecule is CCc1ccc(NCc2cc3cc4c(cc3n(CC(=O)Nc3c(C)cccc3C)c2=O)OCCO4)cc1. The second-order valence-corrected chi connectivity index (χ2v) is 9.33. The van der Waals surface area contributed by atoms with Crippen molar-refractivity contribution in [1.29, 1.82) is 0 Å². The predicted octanol–water partition coefficient (Wildman–Crippen LogP) is 5.20. The van der Waals surface area contributed by atoms with Crippen LogP contribution in [-0.4, -0.2) is 23.7 Å². The lowest BCUT2D eigenvalue weighted by Crippen LogP contribution is -2.31. The van der Waals surface area contributed by atoms with Gasteiger partial charge in [-0.25, -0.2) is 0 Å². The first-order valence-electron chi connectivity index (χ1n) is 12.6. The first kappa shape index (κ1) is 24.4. The number of pyridine rings is 1. The van der Waals surface area contributed by atoms with Gasteiger partial charge in [0, 0.05) is 34.9 Å². The Bertz CT molecular complexity index is 1500. The molecule has 0 unspecified atom stereocenters. The Morgan fingerprint density at radius 1 is 0.946 bits per heavy atom. The standard InChI is InChI=1S/C30H31N3O4/c1-4-21-8-10-24(11-9-21)31-17-23-14-22-15-26-27(37-13-12-36-26)16-25(22)33(30(23)35)18-28(34)32-29-19(2)6-5-7-20(29)3/h5-11,14-16,31H,4,12-13,17-18H2,1-3H3,(H,32,34). The third kappa shape index (κ3) is 5.16. The van der Waals surface area contributed by atoms with Crippen LogP contribution in [0.5, 0.6) is 11.5 Å². The smallest absolute Gasteiger partial charge is 0.256 e. The molecule has 5 rings (SSSR count).